The highest BCUT2D eigenvalue weighted by molar-refractivity contribution is 4.94. The highest BCUT2D eigenvalue weighted by atomic mass is 16.3. The van der Waals surface area contributed by atoms with E-state index in [0.29, 0.717) is 6.54 Å². The zero-order valence-electron chi connectivity index (χ0n) is 9.84. The molecule has 2 heteroatoms. The number of aliphatic hydroxyl groups is 1. The summed E-state index contributed by atoms with van der Waals surface area (Å²) >= 11 is 0. The van der Waals surface area contributed by atoms with E-state index in [9.17, 15) is 5.11 Å². The van der Waals surface area contributed by atoms with Gasteiger partial charge < -0.3 is 10.8 Å². The molecule has 0 amide bonds. The van der Waals surface area contributed by atoms with Crippen LogP contribution in [0.3, 0.4) is 0 Å². The van der Waals surface area contributed by atoms with Crippen molar-refractivity contribution in [1.29, 1.82) is 0 Å². The molecule has 1 saturated carbocycles. The Balaban J connectivity index is 2.72. The molecule has 3 N–H and O–H groups in total. The van der Waals surface area contributed by atoms with E-state index in [0.717, 1.165) is 25.7 Å². The molecule has 1 aliphatic rings. The average molecular weight is 199 g/mol. The fourth-order valence-electron chi connectivity index (χ4n) is 2.99. The summed E-state index contributed by atoms with van der Waals surface area (Å²) in [7, 11) is 0. The molecule has 0 heterocycles. The van der Waals surface area contributed by atoms with E-state index in [4.69, 9.17) is 5.73 Å². The molecule has 2 unspecified atom stereocenters. The summed E-state index contributed by atoms with van der Waals surface area (Å²) in [4.78, 5) is 0. The Kier molecular flexibility index (Phi) is 3.59. The summed E-state index contributed by atoms with van der Waals surface area (Å²) < 4.78 is 0. The first kappa shape index (κ1) is 12.0. The maximum Gasteiger partial charge on any atom is 0.0692 e. The van der Waals surface area contributed by atoms with E-state index >= 15 is 0 Å². The molecule has 2 nitrogen and oxygen atoms in total. The Morgan fingerprint density at radius 2 is 2.00 bits per heavy atom. The second kappa shape index (κ2) is 4.19. The average Bonchev–Trinajstić information content (AvgIpc) is 2.03. The number of rotatable bonds is 3. The van der Waals surface area contributed by atoms with Crippen LogP contribution in [0.25, 0.3) is 0 Å². The smallest absolute Gasteiger partial charge is 0.0692 e. The van der Waals surface area contributed by atoms with Gasteiger partial charge >= 0.3 is 0 Å². The first-order chi connectivity index (χ1) is 6.43. The Morgan fingerprint density at radius 1 is 1.36 bits per heavy atom. The van der Waals surface area contributed by atoms with Crippen molar-refractivity contribution in [2.75, 3.05) is 6.54 Å². The van der Waals surface area contributed by atoms with E-state index in [1.54, 1.807) is 0 Å². The fourth-order valence-corrected chi connectivity index (χ4v) is 2.99. The van der Waals surface area contributed by atoms with Crippen LogP contribution in [0.15, 0.2) is 0 Å². The number of hydrogen-bond acceptors (Lipinski definition) is 2. The number of nitrogens with two attached hydrogens (primary N) is 1. The topological polar surface area (TPSA) is 46.2 Å². The van der Waals surface area contributed by atoms with Crippen molar-refractivity contribution < 1.29 is 5.11 Å². The van der Waals surface area contributed by atoms with Crippen LogP contribution in [-0.2, 0) is 0 Å². The zero-order valence-corrected chi connectivity index (χ0v) is 9.84. The SMILES string of the molecule is CCC(CN)C1(O)CCCC(C)(C)C1. The van der Waals surface area contributed by atoms with Gasteiger partial charge in [0, 0.05) is 0 Å². The lowest BCUT2D eigenvalue weighted by molar-refractivity contribution is -0.0815. The quantitative estimate of drug-likeness (QED) is 0.732. The van der Waals surface area contributed by atoms with E-state index < -0.39 is 5.60 Å². The minimum atomic E-state index is -0.495. The van der Waals surface area contributed by atoms with Crippen LogP contribution in [0, 0.1) is 11.3 Å². The van der Waals surface area contributed by atoms with Crippen molar-refractivity contribution in [3.05, 3.63) is 0 Å². The normalized spacial score (nSPS) is 34.1. The molecule has 1 rings (SSSR count). The lowest BCUT2D eigenvalue weighted by Gasteiger charge is -2.45. The van der Waals surface area contributed by atoms with Crippen LogP contribution in [0.5, 0.6) is 0 Å². The van der Waals surface area contributed by atoms with Gasteiger partial charge in [0.05, 0.1) is 5.60 Å². The highest BCUT2D eigenvalue weighted by Gasteiger charge is 2.42. The van der Waals surface area contributed by atoms with Crippen molar-refractivity contribution >= 4 is 0 Å². The molecule has 0 saturated heterocycles. The van der Waals surface area contributed by atoms with Gasteiger partial charge in [0.15, 0.2) is 0 Å². The molecule has 84 valence electrons. The summed E-state index contributed by atoms with van der Waals surface area (Å²) in [6.45, 7) is 7.24. The molecule has 0 spiro atoms. The van der Waals surface area contributed by atoms with Gasteiger partial charge in [-0.3, -0.25) is 0 Å². The molecule has 2 atom stereocenters. The Hall–Kier alpha value is -0.0800. The fraction of sp³-hybridized carbons (Fsp3) is 1.00. The molecule has 1 aliphatic carbocycles. The van der Waals surface area contributed by atoms with Gasteiger partial charge in [0.2, 0.25) is 0 Å². The van der Waals surface area contributed by atoms with Gasteiger partial charge in [-0.05, 0) is 43.6 Å². The third-order valence-corrected chi connectivity index (χ3v) is 3.79. The van der Waals surface area contributed by atoms with E-state index in [-0.39, 0.29) is 11.3 Å². The summed E-state index contributed by atoms with van der Waals surface area (Å²) in [6.07, 6.45) is 5.21. The molecule has 0 aromatic heterocycles. The van der Waals surface area contributed by atoms with Gasteiger partial charge in [0.25, 0.3) is 0 Å². The third kappa shape index (κ3) is 2.48. The Morgan fingerprint density at radius 3 is 2.43 bits per heavy atom. The summed E-state index contributed by atoms with van der Waals surface area (Å²) in [5.41, 5.74) is 5.52. The Bertz CT molecular complexity index is 187. The predicted molar refractivity (Wildman–Crippen MR) is 60.0 cm³/mol. The molecular formula is C12H25NO. The monoisotopic (exact) mass is 199 g/mol. The van der Waals surface area contributed by atoms with Gasteiger partial charge in [-0.25, -0.2) is 0 Å². The van der Waals surface area contributed by atoms with Crippen molar-refractivity contribution in [3.63, 3.8) is 0 Å². The van der Waals surface area contributed by atoms with Crippen molar-refractivity contribution in [3.8, 4) is 0 Å². The summed E-state index contributed by atoms with van der Waals surface area (Å²) in [6, 6.07) is 0. The Labute approximate surface area is 87.9 Å². The first-order valence-corrected chi connectivity index (χ1v) is 5.86. The predicted octanol–water partition coefficient (Wildman–Crippen LogP) is 2.30. The van der Waals surface area contributed by atoms with E-state index in [2.05, 4.69) is 20.8 Å². The van der Waals surface area contributed by atoms with Crippen LogP contribution < -0.4 is 5.73 Å². The minimum Gasteiger partial charge on any atom is -0.390 e. The van der Waals surface area contributed by atoms with Gasteiger partial charge in [-0.1, -0.05) is 27.2 Å². The van der Waals surface area contributed by atoms with Gasteiger partial charge in [-0.2, -0.15) is 0 Å². The van der Waals surface area contributed by atoms with E-state index in [1.165, 1.54) is 6.42 Å². The van der Waals surface area contributed by atoms with Crippen LogP contribution in [0.4, 0.5) is 0 Å². The number of hydrogen-bond donors (Lipinski definition) is 2. The van der Waals surface area contributed by atoms with Crippen LogP contribution in [-0.4, -0.2) is 17.3 Å². The summed E-state index contributed by atoms with van der Waals surface area (Å²) in [5.74, 6) is 0.280. The molecule has 0 radical (unpaired) electrons. The van der Waals surface area contributed by atoms with Crippen molar-refractivity contribution in [2.24, 2.45) is 17.1 Å². The van der Waals surface area contributed by atoms with Crippen LogP contribution in [0.1, 0.15) is 52.9 Å². The molecule has 14 heavy (non-hydrogen) atoms. The first-order valence-electron chi connectivity index (χ1n) is 5.86. The minimum absolute atomic E-state index is 0.280. The van der Waals surface area contributed by atoms with Gasteiger partial charge in [0.1, 0.15) is 0 Å². The van der Waals surface area contributed by atoms with E-state index in [1.807, 2.05) is 0 Å². The lowest BCUT2D eigenvalue weighted by Crippen LogP contribution is -2.47. The van der Waals surface area contributed by atoms with Gasteiger partial charge in [-0.15, -0.1) is 0 Å². The summed E-state index contributed by atoms with van der Waals surface area (Å²) in [5, 5.41) is 10.6. The standard InChI is InChI=1S/C12H25NO/c1-4-10(8-13)12(14)7-5-6-11(2,3)9-12/h10,14H,4-9,13H2,1-3H3. The van der Waals surface area contributed by atoms with Crippen LogP contribution in [0.2, 0.25) is 0 Å². The van der Waals surface area contributed by atoms with Crippen LogP contribution >= 0.6 is 0 Å². The second-order valence-corrected chi connectivity index (χ2v) is 5.64. The van der Waals surface area contributed by atoms with Crippen molar-refractivity contribution in [1.82, 2.24) is 0 Å². The largest absolute Gasteiger partial charge is 0.390 e. The molecule has 0 aromatic rings. The zero-order chi connectivity index (χ0) is 10.8. The van der Waals surface area contributed by atoms with Crippen molar-refractivity contribution in [2.45, 2.75) is 58.5 Å². The highest BCUT2D eigenvalue weighted by Crippen LogP contribution is 2.44. The second-order valence-electron chi connectivity index (χ2n) is 5.64. The molecule has 0 aliphatic heterocycles. The molecule has 0 bridgehead atoms. The maximum atomic E-state index is 10.6. The molecule has 0 aromatic carbocycles. The molecular weight excluding hydrogens is 174 g/mol. The lowest BCUT2D eigenvalue weighted by atomic mass is 9.65. The third-order valence-electron chi connectivity index (χ3n) is 3.79. The maximum absolute atomic E-state index is 10.6. The molecule has 1 fully saturated rings.